The van der Waals surface area contributed by atoms with Gasteiger partial charge in [0.1, 0.15) is 18.2 Å². The number of rotatable bonds is 9. The van der Waals surface area contributed by atoms with Gasteiger partial charge >= 0.3 is 17.9 Å². The standard InChI is InChI=1S/C18H26N6O10/c1-5-10-13(16(17(28)32-10)31-9(4)27)34-18-12(22-24-20)15(30-8(3)26)14(29-7(2)25)11(33-18)6-21-23-19/h10-18,28H,5-6H2,1-4H3/t10-,11+,12?,13-,14-,15-,16-,17?,18?/m1/s1. The van der Waals surface area contributed by atoms with Gasteiger partial charge in [-0.25, -0.2) is 0 Å². The summed E-state index contributed by atoms with van der Waals surface area (Å²) in [4.78, 5) is 40.5. The van der Waals surface area contributed by atoms with Gasteiger partial charge in [-0.3, -0.25) is 14.4 Å². The summed E-state index contributed by atoms with van der Waals surface area (Å²) in [5.74, 6) is -2.25. The minimum Gasteiger partial charge on any atom is -0.458 e. The quantitative estimate of drug-likeness (QED) is 0.160. The van der Waals surface area contributed by atoms with Crippen LogP contribution < -0.4 is 0 Å². The van der Waals surface area contributed by atoms with E-state index >= 15 is 0 Å². The van der Waals surface area contributed by atoms with Crippen molar-refractivity contribution < 1.29 is 47.9 Å². The first-order valence-electron chi connectivity index (χ1n) is 10.3. The Morgan fingerprint density at radius 2 is 1.47 bits per heavy atom. The van der Waals surface area contributed by atoms with Gasteiger partial charge in [0.05, 0.1) is 12.6 Å². The summed E-state index contributed by atoms with van der Waals surface area (Å²) in [6.07, 6.45) is -9.55. The molecule has 2 aliphatic heterocycles. The van der Waals surface area contributed by atoms with E-state index in [0.29, 0.717) is 6.42 Å². The zero-order chi connectivity index (χ0) is 25.4. The smallest absolute Gasteiger partial charge is 0.303 e. The van der Waals surface area contributed by atoms with Crippen LogP contribution in [-0.4, -0.2) is 84.8 Å². The maximum absolute atomic E-state index is 11.8. The summed E-state index contributed by atoms with van der Waals surface area (Å²) >= 11 is 0. The molecule has 3 unspecified atom stereocenters. The number of aliphatic hydroxyl groups excluding tert-OH is 1. The van der Waals surface area contributed by atoms with Gasteiger partial charge in [-0.1, -0.05) is 17.2 Å². The Morgan fingerprint density at radius 1 is 0.882 bits per heavy atom. The first kappa shape index (κ1) is 27.1. The van der Waals surface area contributed by atoms with Crippen LogP contribution in [0.1, 0.15) is 34.1 Å². The Morgan fingerprint density at radius 3 is 2.00 bits per heavy atom. The molecule has 0 aromatic heterocycles. The molecular weight excluding hydrogens is 460 g/mol. The van der Waals surface area contributed by atoms with Crippen LogP contribution in [0.4, 0.5) is 0 Å². The highest BCUT2D eigenvalue weighted by Gasteiger charge is 2.54. The molecule has 2 rings (SSSR count). The zero-order valence-corrected chi connectivity index (χ0v) is 18.9. The van der Waals surface area contributed by atoms with Crippen LogP contribution in [-0.2, 0) is 42.8 Å². The minimum absolute atomic E-state index is 0.337. The second kappa shape index (κ2) is 12.4. The lowest BCUT2D eigenvalue weighted by atomic mass is 9.96. The van der Waals surface area contributed by atoms with Crippen molar-refractivity contribution in [3.05, 3.63) is 20.9 Å². The third-order valence-corrected chi connectivity index (χ3v) is 5.01. The van der Waals surface area contributed by atoms with Gasteiger partial charge < -0.3 is 33.5 Å². The van der Waals surface area contributed by atoms with E-state index in [1.807, 2.05) is 0 Å². The summed E-state index contributed by atoms with van der Waals surface area (Å²) in [6, 6.07) is -1.38. The molecule has 0 aromatic rings. The molecule has 34 heavy (non-hydrogen) atoms. The van der Waals surface area contributed by atoms with Crippen molar-refractivity contribution in [2.24, 2.45) is 10.2 Å². The average Bonchev–Trinajstić information content (AvgIpc) is 3.04. The third kappa shape index (κ3) is 6.70. The molecule has 16 heteroatoms. The van der Waals surface area contributed by atoms with Gasteiger partial charge in [-0.2, -0.15) is 0 Å². The van der Waals surface area contributed by atoms with Crippen molar-refractivity contribution in [2.75, 3.05) is 6.54 Å². The molecule has 0 bridgehead atoms. The monoisotopic (exact) mass is 486 g/mol. The van der Waals surface area contributed by atoms with Gasteiger partial charge in [0.25, 0.3) is 0 Å². The minimum atomic E-state index is -1.50. The predicted molar refractivity (Wildman–Crippen MR) is 108 cm³/mol. The normalized spacial score (nSPS) is 34.8. The first-order valence-corrected chi connectivity index (χ1v) is 10.3. The zero-order valence-electron chi connectivity index (χ0n) is 18.9. The number of aliphatic hydroxyl groups is 1. The Kier molecular flexibility index (Phi) is 9.86. The van der Waals surface area contributed by atoms with Crippen molar-refractivity contribution in [2.45, 2.75) is 89.4 Å². The van der Waals surface area contributed by atoms with Gasteiger partial charge in [0.2, 0.25) is 0 Å². The highest BCUT2D eigenvalue weighted by molar-refractivity contribution is 5.67. The van der Waals surface area contributed by atoms with E-state index < -0.39 is 73.2 Å². The van der Waals surface area contributed by atoms with E-state index in [1.54, 1.807) is 6.92 Å². The lowest BCUT2D eigenvalue weighted by Crippen LogP contribution is -2.62. The number of carbonyl (C=O) groups is 3. The van der Waals surface area contributed by atoms with E-state index in [2.05, 4.69) is 20.1 Å². The molecule has 2 heterocycles. The molecule has 188 valence electrons. The predicted octanol–water partition coefficient (Wildman–Crippen LogP) is 1.01. The molecule has 16 nitrogen and oxygen atoms in total. The number of esters is 3. The van der Waals surface area contributed by atoms with Crippen molar-refractivity contribution in [3.8, 4) is 0 Å². The number of hydrogen-bond acceptors (Lipinski definition) is 12. The third-order valence-electron chi connectivity index (χ3n) is 5.01. The first-order chi connectivity index (χ1) is 16.1. The van der Waals surface area contributed by atoms with E-state index in [0.717, 1.165) is 20.8 Å². The van der Waals surface area contributed by atoms with Crippen LogP contribution in [0.3, 0.4) is 0 Å². The number of nitrogens with zero attached hydrogens (tertiary/aromatic N) is 6. The van der Waals surface area contributed by atoms with Crippen LogP contribution in [0.25, 0.3) is 20.9 Å². The molecule has 0 radical (unpaired) electrons. The highest BCUT2D eigenvalue weighted by Crippen LogP contribution is 2.34. The Hall–Kier alpha value is -3.13. The van der Waals surface area contributed by atoms with Crippen molar-refractivity contribution in [3.63, 3.8) is 0 Å². The molecule has 0 spiro atoms. The SMILES string of the molecule is CC[C@H]1OC(O)[C@H](OC(C)=O)[C@@H]1OC1O[C@@H](CN=[N+]=[N-])[C@@H](OC(C)=O)[C@H](OC(C)=O)C1N=[N+]=[N-]. The van der Waals surface area contributed by atoms with E-state index in [9.17, 15) is 19.5 Å². The van der Waals surface area contributed by atoms with E-state index in [4.69, 9.17) is 39.5 Å². The summed E-state index contributed by atoms with van der Waals surface area (Å²) in [5, 5.41) is 17.3. The number of azide groups is 2. The number of ether oxygens (including phenoxy) is 6. The fourth-order valence-corrected chi connectivity index (χ4v) is 3.78. The summed E-state index contributed by atoms with van der Waals surface area (Å²) in [6.45, 7) is 4.71. The molecule has 2 fully saturated rings. The second-order valence-electron chi connectivity index (χ2n) is 7.45. The second-order valence-corrected chi connectivity index (χ2v) is 7.45. The summed E-state index contributed by atoms with van der Waals surface area (Å²) in [5.41, 5.74) is 17.9. The summed E-state index contributed by atoms with van der Waals surface area (Å²) < 4.78 is 32.9. The molecule has 0 saturated carbocycles. The largest absolute Gasteiger partial charge is 0.458 e. The lowest BCUT2D eigenvalue weighted by molar-refractivity contribution is -0.284. The van der Waals surface area contributed by atoms with Crippen molar-refractivity contribution >= 4 is 17.9 Å². The molecule has 9 atom stereocenters. The lowest BCUT2D eigenvalue weighted by Gasteiger charge is -2.44. The molecule has 1 N–H and O–H groups in total. The number of carbonyl (C=O) groups excluding carboxylic acids is 3. The Labute approximate surface area is 193 Å². The Balaban J connectivity index is 2.47. The van der Waals surface area contributed by atoms with E-state index in [1.165, 1.54) is 0 Å². The highest BCUT2D eigenvalue weighted by atomic mass is 16.7. The van der Waals surface area contributed by atoms with Crippen LogP contribution >= 0.6 is 0 Å². The van der Waals surface area contributed by atoms with Crippen molar-refractivity contribution in [1.82, 2.24) is 0 Å². The molecule has 2 aliphatic rings. The number of hydrogen-bond donors (Lipinski definition) is 1. The fraction of sp³-hybridized carbons (Fsp3) is 0.833. The maximum atomic E-state index is 11.8. The van der Waals surface area contributed by atoms with Crippen LogP contribution in [0.2, 0.25) is 0 Å². The van der Waals surface area contributed by atoms with E-state index in [-0.39, 0.29) is 6.54 Å². The maximum Gasteiger partial charge on any atom is 0.303 e. The van der Waals surface area contributed by atoms with Gasteiger partial charge in [0, 0.05) is 30.6 Å². The molecule has 0 aromatic carbocycles. The van der Waals surface area contributed by atoms with Gasteiger partial charge in [0.15, 0.2) is 30.9 Å². The molecule has 2 saturated heterocycles. The van der Waals surface area contributed by atoms with Crippen LogP contribution in [0, 0.1) is 0 Å². The van der Waals surface area contributed by atoms with Crippen LogP contribution in [0.15, 0.2) is 10.2 Å². The molecule has 0 amide bonds. The Bertz CT molecular complexity index is 860. The van der Waals surface area contributed by atoms with Gasteiger partial charge in [-0.05, 0) is 17.5 Å². The van der Waals surface area contributed by atoms with Gasteiger partial charge in [-0.15, -0.1) is 0 Å². The average molecular weight is 486 g/mol. The van der Waals surface area contributed by atoms with Crippen LogP contribution in [0.5, 0.6) is 0 Å². The molecular formula is C18H26N6O10. The summed E-state index contributed by atoms with van der Waals surface area (Å²) in [7, 11) is 0. The fourth-order valence-electron chi connectivity index (χ4n) is 3.78. The van der Waals surface area contributed by atoms with Crippen molar-refractivity contribution in [1.29, 1.82) is 0 Å². The molecule has 0 aliphatic carbocycles. The topological polar surface area (TPSA) is 224 Å².